The third-order valence-corrected chi connectivity index (χ3v) is 3.89. The Balaban J connectivity index is 1.82. The summed E-state index contributed by atoms with van der Waals surface area (Å²) in [6.45, 7) is 11.5. The molecule has 0 bridgehead atoms. The van der Waals surface area contributed by atoms with E-state index in [0.717, 1.165) is 48.7 Å². The highest BCUT2D eigenvalue weighted by Gasteiger charge is 2.07. The topological polar surface area (TPSA) is 43.4 Å². The van der Waals surface area contributed by atoms with Crippen LogP contribution < -0.4 is 10.1 Å². The molecular formula is C21H30N2O2. The normalized spacial score (nSPS) is 11.1. The fourth-order valence-corrected chi connectivity index (χ4v) is 2.75. The number of nitrogens with one attached hydrogen (secondary N) is 1. The molecule has 1 heterocycles. The summed E-state index contributed by atoms with van der Waals surface area (Å²) in [6.07, 6.45) is 3.13. The lowest BCUT2D eigenvalue weighted by Crippen LogP contribution is -2.17. The number of rotatable bonds is 10. The summed E-state index contributed by atoms with van der Waals surface area (Å²) < 4.78 is 11.5. The van der Waals surface area contributed by atoms with Crippen molar-refractivity contribution in [1.29, 1.82) is 0 Å². The highest BCUT2D eigenvalue weighted by molar-refractivity contribution is 5.43. The van der Waals surface area contributed by atoms with E-state index in [1.165, 1.54) is 5.56 Å². The molecule has 0 unspecified atom stereocenters. The van der Waals surface area contributed by atoms with Crippen molar-refractivity contribution < 1.29 is 9.47 Å². The fraction of sp³-hybridized carbons (Fsp3) is 0.476. The van der Waals surface area contributed by atoms with E-state index in [1.807, 2.05) is 18.2 Å². The average molecular weight is 342 g/mol. The van der Waals surface area contributed by atoms with Gasteiger partial charge in [-0.05, 0) is 69.5 Å². The summed E-state index contributed by atoms with van der Waals surface area (Å²) in [5.41, 5.74) is 4.55. The molecule has 2 aromatic rings. The minimum Gasteiger partial charge on any atom is -0.487 e. The Bertz CT molecular complexity index is 619. The second kappa shape index (κ2) is 10.2. The van der Waals surface area contributed by atoms with Gasteiger partial charge in [0, 0.05) is 19.3 Å². The molecule has 25 heavy (non-hydrogen) atoms. The first-order chi connectivity index (χ1) is 12.1. The second-order valence-electron chi connectivity index (χ2n) is 6.62. The quantitative estimate of drug-likeness (QED) is 0.658. The van der Waals surface area contributed by atoms with Gasteiger partial charge in [-0.3, -0.25) is 4.98 Å². The predicted octanol–water partition coefficient (Wildman–Crippen LogP) is 4.18. The highest BCUT2D eigenvalue weighted by atomic mass is 16.5. The zero-order valence-corrected chi connectivity index (χ0v) is 15.8. The van der Waals surface area contributed by atoms with E-state index >= 15 is 0 Å². The Morgan fingerprint density at radius 3 is 2.52 bits per heavy atom. The minimum absolute atomic E-state index is 0.309. The van der Waals surface area contributed by atoms with Crippen molar-refractivity contribution in [2.45, 2.75) is 53.4 Å². The van der Waals surface area contributed by atoms with Crippen LogP contribution in [-0.4, -0.2) is 24.2 Å². The molecule has 0 aliphatic carbocycles. The molecule has 0 amide bonds. The van der Waals surface area contributed by atoms with Gasteiger partial charge in [-0.25, -0.2) is 0 Å². The van der Waals surface area contributed by atoms with Gasteiger partial charge in [0.1, 0.15) is 12.4 Å². The van der Waals surface area contributed by atoms with Gasteiger partial charge in [0.15, 0.2) is 0 Å². The molecule has 0 atom stereocenters. The lowest BCUT2D eigenvalue weighted by atomic mass is 10.1. The molecule has 4 heteroatoms. The van der Waals surface area contributed by atoms with E-state index in [-0.39, 0.29) is 0 Å². The van der Waals surface area contributed by atoms with Gasteiger partial charge < -0.3 is 14.8 Å². The van der Waals surface area contributed by atoms with E-state index in [1.54, 1.807) is 6.20 Å². The molecule has 0 fully saturated rings. The van der Waals surface area contributed by atoms with Gasteiger partial charge in [0.2, 0.25) is 0 Å². The van der Waals surface area contributed by atoms with Gasteiger partial charge >= 0.3 is 0 Å². The van der Waals surface area contributed by atoms with Gasteiger partial charge in [-0.2, -0.15) is 0 Å². The monoisotopic (exact) mass is 342 g/mol. The predicted molar refractivity (Wildman–Crippen MR) is 102 cm³/mol. The van der Waals surface area contributed by atoms with Crippen LogP contribution in [0, 0.1) is 13.8 Å². The van der Waals surface area contributed by atoms with Crippen molar-refractivity contribution in [1.82, 2.24) is 10.3 Å². The lowest BCUT2D eigenvalue weighted by molar-refractivity contribution is 0.0770. The summed E-state index contributed by atoms with van der Waals surface area (Å²) in [6, 6.07) is 10.3. The number of pyridine rings is 1. The summed E-state index contributed by atoms with van der Waals surface area (Å²) in [4.78, 5) is 4.30. The summed E-state index contributed by atoms with van der Waals surface area (Å²) >= 11 is 0. The second-order valence-corrected chi connectivity index (χ2v) is 6.62. The zero-order chi connectivity index (χ0) is 18.1. The number of aromatic nitrogens is 1. The van der Waals surface area contributed by atoms with E-state index in [4.69, 9.17) is 9.47 Å². The Morgan fingerprint density at radius 2 is 1.88 bits per heavy atom. The van der Waals surface area contributed by atoms with Crippen LogP contribution in [0.25, 0.3) is 0 Å². The first kappa shape index (κ1) is 19.4. The zero-order valence-electron chi connectivity index (χ0n) is 15.8. The maximum absolute atomic E-state index is 5.99. The smallest absolute Gasteiger partial charge is 0.130 e. The molecule has 4 nitrogen and oxygen atoms in total. The van der Waals surface area contributed by atoms with Crippen LogP contribution in [0.1, 0.15) is 42.7 Å². The molecule has 0 aliphatic heterocycles. The molecule has 0 saturated carbocycles. The van der Waals surface area contributed by atoms with Crippen molar-refractivity contribution in [2.75, 3.05) is 13.2 Å². The van der Waals surface area contributed by atoms with Crippen molar-refractivity contribution >= 4 is 0 Å². The summed E-state index contributed by atoms with van der Waals surface area (Å²) in [5.74, 6) is 0.958. The molecule has 1 N–H and O–H groups in total. The Labute approximate surface area is 151 Å². The van der Waals surface area contributed by atoms with Crippen LogP contribution in [0.15, 0.2) is 36.5 Å². The summed E-state index contributed by atoms with van der Waals surface area (Å²) in [5, 5.41) is 3.48. The van der Waals surface area contributed by atoms with Crippen LogP contribution >= 0.6 is 0 Å². The molecule has 1 aromatic carbocycles. The SMILES string of the molecule is Cc1cc(CNCCCOC(C)C)cc(C)c1OCc1ccccn1. The lowest BCUT2D eigenvalue weighted by Gasteiger charge is -2.14. The Kier molecular flexibility index (Phi) is 7.89. The van der Waals surface area contributed by atoms with Gasteiger partial charge in [0.05, 0.1) is 11.8 Å². The molecule has 0 radical (unpaired) electrons. The minimum atomic E-state index is 0.309. The van der Waals surface area contributed by atoms with Crippen LogP contribution in [0.5, 0.6) is 5.75 Å². The largest absolute Gasteiger partial charge is 0.487 e. The molecule has 1 aromatic heterocycles. The van der Waals surface area contributed by atoms with Crippen LogP contribution in [0.4, 0.5) is 0 Å². The number of benzene rings is 1. The van der Waals surface area contributed by atoms with Gasteiger partial charge in [-0.15, -0.1) is 0 Å². The van der Waals surface area contributed by atoms with E-state index in [9.17, 15) is 0 Å². The third-order valence-electron chi connectivity index (χ3n) is 3.89. The Hall–Kier alpha value is -1.91. The molecule has 136 valence electrons. The number of hydrogen-bond donors (Lipinski definition) is 1. The van der Waals surface area contributed by atoms with Gasteiger partial charge in [-0.1, -0.05) is 18.2 Å². The standard InChI is InChI=1S/C21H30N2O2/c1-16(2)24-11-7-9-22-14-19-12-17(3)21(18(4)13-19)25-15-20-8-5-6-10-23-20/h5-6,8,10,12-13,16,22H,7,9,11,14-15H2,1-4H3. The third kappa shape index (κ3) is 6.85. The van der Waals surface area contributed by atoms with Crippen molar-refractivity contribution in [2.24, 2.45) is 0 Å². The average Bonchev–Trinajstić information content (AvgIpc) is 2.58. The first-order valence-electron chi connectivity index (χ1n) is 9.01. The fourth-order valence-electron chi connectivity index (χ4n) is 2.75. The Morgan fingerprint density at radius 1 is 1.12 bits per heavy atom. The highest BCUT2D eigenvalue weighted by Crippen LogP contribution is 2.25. The first-order valence-corrected chi connectivity index (χ1v) is 9.01. The van der Waals surface area contributed by atoms with Crippen molar-refractivity contribution in [3.63, 3.8) is 0 Å². The van der Waals surface area contributed by atoms with Crippen molar-refractivity contribution in [3.8, 4) is 5.75 Å². The molecule has 0 aliphatic rings. The van der Waals surface area contributed by atoms with E-state index in [0.29, 0.717) is 12.7 Å². The maximum atomic E-state index is 5.99. The van der Waals surface area contributed by atoms with Crippen LogP contribution in [0.3, 0.4) is 0 Å². The maximum Gasteiger partial charge on any atom is 0.130 e. The number of ether oxygens (including phenoxy) is 2. The number of nitrogens with zero attached hydrogens (tertiary/aromatic N) is 1. The molecule has 2 rings (SSSR count). The van der Waals surface area contributed by atoms with Crippen molar-refractivity contribution in [3.05, 3.63) is 58.9 Å². The molecule has 0 saturated heterocycles. The molecule has 0 spiro atoms. The molecular weight excluding hydrogens is 312 g/mol. The van der Waals surface area contributed by atoms with Crippen LogP contribution in [-0.2, 0) is 17.9 Å². The van der Waals surface area contributed by atoms with E-state index < -0.39 is 0 Å². The van der Waals surface area contributed by atoms with Crippen LogP contribution in [0.2, 0.25) is 0 Å². The van der Waals surface area contributed by atoms with E-state index in [2.05, 4.69) is 50.1 Å². The number of aryl methyl sites for hydroxylation is 2. The number of hydrogen-bond acceptors (Lipinski definition) is 4. The van der Waals surface area contributed by atoms with Gasteiger partial charge in [0.25, 0.3) is 0 Å². The summed E-state index contributed by atoms with van der Waals surface area (Å²) in [7, 11) is 0.